The predicted octanol–water partition coefficient (Wildman–Crippen LogP) is -0.430. The third-order valence-electron chi connectivity index (χ3n) is 2.25. The number of aromatic nitrogens is 1. The summed E-state index contributed by atoms with van der Waals surface area (Å²) < 4.78 is 25.9. The van der Waals surface area contributed by atoms with E-state index in [1.807, 2.05) is 0 Å². The summed E-state index contributed by atoms with van der Waals surface area (Å²) in [4.78, 5) is 14.0. The van der Waals surface area contributed by atoms with E-state index in [1.54, 1.807) is 12.1 Å². The summed E-state index contributed by atoms with van der Waals surface area (Å²) in [6.45, 7) is 1.05. The number of hydrogen-bond donors (Lipinski definition) is 3. The number of hydrogen-bond acceptors (Lipinski definition) is 5. The number of ether oxygens (including phenoxy) is 1. The van der Waals surface area contributed by atoms with Gasteiger partial charge in [0.25, 0.3) is 0 Å². The highest BCUT2D eigenvalue weighted by molar-refractivity contribution is 7.89. The molecule has 0 spiro atoms. The number of carbonyl (C=O) groups excluding carboxylic acids is 1. The number of methoxy groups -OCH3 is 1. The third kappa shape index (κ3) is 5.30. The van der Waals surface area contributed by atoms with Gasteiger partial charge < -0.3 is 15.0 Å². The van der Waals surface area contributed by atoms with E-state index in [2.05, 4.69) is 15.0 Å². The second-order valence-corrected chi connectivity index (χ2v) is 5.52. The van der Waals surface area contributed by atoms with E-state index in [0.29, 0.717) is 25.2 Å². The van der Waals surface area contributed by atoms with Crippen LogP contribution in [0.1, 0.15) is 22.6 Å². The van der Waals surface area contributed by atoms with E-state index in [-0.39, 0.29) is 5.75 Å². The zero-order valence-corrected chi connectivity index (χ0v) is 10.9. The third-order valence-corrected chi connectivity index (χ3v) is 3.11. The molecule has 0 bridgehead atoms. The second kappa shape index (κ2) is 6.53. The number of nitrogens with two attached hydrogens (primary N) is 1. The first-order chi connectivity index (χ1) is 8.42. The Balaban J connectivity index is 2.28. The summed E-state index contributed by atoms with van der Waals surface area (Å²) in [7, 11) is -2.07. The Morgan fingerprint density at radius 1 is 1.50 bits per heavy atom. The predicted molar refractivity (Wildman–Crippen MR) is 66.4 cm³/mol. The number of H-pyrrole nitrogens is 1. The fraction of sp³-hybridized carbons (Fsp3) is 0.500. The number of rotatable bonds is 7. The fourth-order valence-electron chi connectivity index (χ4n) is 1.39. The van der Waals surface area contributed by atoms with Crippen molar-refractivity contribution in [3.05, 3.63) is 23.5 Å². The highest BCUT2D eigenvalue weighted by Gasteiger charge is 2.07. The van der Waals surface area contributed by atoms with Crippen LogP contribution in [0, 0.1) is 0 Å². The average molecular weight is 275 g/mol. The standard InChI is InChI=1S/C10H17N3O4S/c1-17-10(14)9-4-3-8(13-9)7-12-5-2-6-18(11,15)16/h3-4,12-13H,2,5-7H2,1H3,(H2,11,15,16). The van der Waals surface area contributed by atoms with Gasteiger partial charge in [-0.05, 0) is 25.1 Å². The van der Waals surface area contributed by atoms with Gasteiger partial charge in [0.15, 0.2) is 0 Å². The van der Waals surface area contributed by atoms with E-state index < -0.39 is 16.0 Å². The van der Waals surface area contributed by atoms with Gasteiger partial charge in [-0.25, -0.2) is 18.4 Å². The molecule has 1 heterocycles. The maximum absolute atomic E-state index is 11.2. The Morgan fingerprint density at radius 3 is 2.83 bits per heavy atom. The van der Waals surface area contributed by atoms with Crippen LogP contribution in [0.25, 0.3) is 0 Å². The highest BCUT2D eigenvalue weighted by atomic mass is 32.2. The first kappa shape index (κ1) is 14.7. The van der Waals surface area contributed by atoms with Crippen LogP contribution in [0.4, 0.5) is 0 Å². The van der Waals surface area contributed by atoms with Crippen LogP contribution in [0.15, 0.2) is 12.1 Å². The Morgan fingerprint density at radius 2 is 2.22 bits per heavy atom. The molecule has 1 rings (SSSR count). The number of primary sulfonamides is 1. The first-order valence-electron chi connectivity index (χ1n) is 5.40. The minimum Gasteiger partial charge on any atom is -0.464 e. The SMILES string of the molecule is COC(=O)c1ccc(CNCCCS(N)(=O)=O)[nH]1. The van der Waals surface area contributed by atoms with Crippen LogP contribution < -0.4 is 10.5 Å². The van der Waals surface area contributed by atoms with E-state index in [1.165, 1.54) is 7.11 Å². The largest absolute Gasteiger partial charge is 0.464 e. The van der Waals surface area contributed by atoms with Crippen LogP contribution in [0.2, 0.25) is 0 Å². The van der Waals surface area contributed by atoms with Crippen molar-refractivity contribution in [3.8, 4) is 0 Å². The molecule has 0 fully saturated rings. The number of aromatic amines is 1. The molecule has 0 radical (unpaired) electrons. The fourth-order valence-corrected chi connectivity index (χ4v) is 1.94. The van der Waals surface area contributed by atoms with Crippen molar-refractivity contribution < 1.29 is 17.9 Å². The molecule has 0 aromatic carbocycles. The number of carbonyl (C=O) groups is 1. The molecule has 1 aromatic heterocycles. The van der Waals surface area contributed by atoms with Gasteiger partial charge in [-0.1, -0.05) is 0 Å². The molecule has 7 nitrogen and oxygen atoms in total. The first-order valence-corrected chi connectivity index (χ1v) is 7.11. The molecule has 0 aliphatic carbocycles. The normalized spacial score (nSPS) is 11.4. The van der Waals surface area contributed by atoms with Crippen LogP contribution in [0.3, 0.4) is 0 Å². The summed E-state index contributed by atoms with van der Waals surface area (Å²) in [6, 6.07) is 3.39. The van der Waals surface area contributed by atoms with Crippen molar-refractivity contribution in [2.75, 3.05) is 19.4 Å². The van der Waals surface area contributed by atoms with Crippen LogP contribution >= 0.6 is 0 Å². The summed E-state index contributed by atoms with van der Waals surface area (Å²) in [5.41, 5.74) is 1.21. The molecule has 0 unspecified atom stereocenters. The van der Waals surface area contributed by atoms with Gasteiger partial charge in [0.1, 0.15) is 5.69 Å². The minimum absolute atomic E-state index is 0.0435. The zero-order valence-electron chi connectivity index (χ0n) is 10.1. The van der Waals surface area contributed by atoms with Crippen molar-refractivity contribution in [2.45, 2.75) is 13.0 Å². The van der Waals surface area contributed by atoms with Crippen molar-refractivity contribution in [1.82, 2.24) is 10.3 Å². The van der Waals surface area contributed by atoms with Crippen LogP contribution in [-0.2, 0) is 21.3 Å². The molecule has 1 aromatic rings. The topological polar surface area (TPSA) is 114 Å². The average Bonchev–Trinajstić information content (AvgIpc) is 2.75. The lowest BCUT2D eigenvalue weighted by atomic mass is 10.4. The van der Waals surface area contributed by atoms with Crippen molar-refractivity contribution >= 4 is 16.0 Å². The van der Waals surface area contributed by atoms with E-state index in [9.17, 15) is 13.2 Å². The zero-order chi connectivity index (χ0) is 13.6. The lowest BCUT2D eigenvalue weighted by Crippen LogP contribution is -2.22. The van der Waals surface area contributed by atoms with E-state index >= 15 is 0 Å². The van der Waals surface area contributed by atoms with Gasteiger partial charge in [-0.15, -0.1) is 0 Å². The van der Waals surface area contributed by atoms with E-state index in [0.717, 1.165) is 5.69 Å². The van der Waals surface area contributed by atoms with Gasteiger partial charge in [0.05, 0.1) is 12.9 Å². The van der Waals surface area contributed by atoms with Gasteiger partial charge in [0.2, 0.25) is 10.0 Å². The van der Waals surface area contributed by atoms with Gasteiger partial charge >= 0.3 is 5.97 Å². The Hall–Kier alpha value is -1.38. The monoisotopic (exact) mass is 275 g/mol. The highest BCUT2D eigenvalue weighted by Crippen LogP contribution is 2.03. The molecule has 0 aliphatic rings. The molecule has 0 atom stereocenters. The molecular formula is C10H17N3O4S. The molecule has 0 aliphatic heterocycles. The van der Waals surface area contributed by atoms with Gasteiger partial charge in [-0.2, -0.15) is 0 Å². The lowest BCUT2D eigenvalue weighted by Gasteiger charge is -2.02. The molecule has 0 saturated heterocycles. The maximum Gasteiger partial charge on any atom is 0.354 e. The summed E-state index contributed by atoms with van der Waals surface area (Å²) >= 11 is 0. The Kier molecular flexibility index (Phi) is 5.32. The van der Waals surface area contributed by atoms with Crippen molar-refractivity contribution in [3.63, 3.8) is 0 Å². The lowest BCUT2D eigenvalue weighted by molar-refractivity contribution is 0.0594. The number of esters is 1. The number of sulfonamides is 1. The molecule has 0 amide bonds. The minimum atomic E-state index is -3.39. The summed E-state index contributed by atoms with van der Waals surface area (Å²) in [6.07, 6.45) is 0.448. The molecule has 102 valence electrons. The Bertz CT molecular complexity index is 495. The second-order valence-electron chi connectivity index (χ2n) is 3.79. The maximum atomic E-state index is 11.2. The molecule has 0 saturated carbocycles. The molecule has 8 heteroatoms. The molecule has 4 N–H and O–H groups in total. The van der Waals surface area contributed by atoms with E-state index in [4.69, 9.17) is 5.14 Å². The van der Waals surface area contributed by atoms with Gasteiger partial charge in [-0.3, -0.25) is 0 Å². The molecular weight excluding hydrogens is 258 g/mol. The van der Waals surface area contributed by atoms with Gasteiger partial charge in [0, 0.05) is 12.2 Å². The summed E-state index contributed by atoms with van der Waals surface area (Å²) in [5.74, 6) is -0.464. The Labute approximate surface area is 106 Å². The van der Waals surface area contributed by atoms with Crippen LogP contribution in [-0.4, -0.2) is 38.8 Å². The quantitative estimate of drug-likeness (QED) is 0.461. The van der Waals surface area contributed by atoms with Crippen molar-refractivity contribution in [1.29, 1.82) is 0 Å². The molecule has 18 heavy (non-hydrogen) atoms. The summed E-state index contributed by atoms with van der Waals surface area (Å²) in [5, 5.41) is 7.91. The number of nitrogens with one attached hydrogen (secondary N) is 2. The van der Waals surface area contributed by atoms with Crippen molar-refractivity contribution in [2.24, 2.45) is 5.14 Å². The van der Waals surface area contributed by atoms with Crippen LogP contribution in [0.5, 0.6) is 0 Å². The smallest absolute Gasteiger partial charge is 0.354 e.